The quantitative estimate of drug-likeness (QED) is 0.862. The van der Waals surface area contributed by atoms with Gasteiger partial charge in [-0.15, -0.1) is 0 Å². The molecule has 0 saturated heterocycles. The smallest absolute Gasteiger partial charge is 0.255 e. The number of carbonyl (C=O) groups is 1. The lowest BCUT2D eigenvalue weighted by atomic mass is 10.2. The second kappa shape index (κ2) is 5.45. The largest absolute Gasteiger partial charge is 0.367 e. The van der Waals surface area contributed by atoms with Crippen LogP contribution in [-0.4, -0.2) is 5.91 Å². The Kier molecular flexibility index (Phi) is 3.33. The third-order valence-electron chi connectivity index (χ3n) is 3.09. The summed E-state index contributed by atoms with van der Waals surface area (Å²) in [6, 6.07) is 15.0. The van der Waals surface area contributed by atoms with Crippen molar-refractivity contribution in [3.8, 4) is 0 Å². The Morgan fingerprint density at radius 2 is 1.85 bits per heavy atom. The Balaban J connectivity index is 1.89. The highest BCUT2D eigenvalue weighted by atomic mass is 16.1. The molecule has 0 spiro atoms. The van der Waals surface area contributed by atoms with E-state index in [2.05, 4.69) is 10.6 Å². The molecule has 0 atom stereocenters. The zero-order chi connectivity index (χ0) is 13.8. The van der Waals surface area contributed by atoms with Gasteiger partial charge >= 0.3 is 0 Å². The lowest BCUT2D eigenvalue weighted by Gasteiger charge is -2.05. The number of rotatable bonds is 2. The first-order chi connectivity index (χ1) is 9.83. The van der Waals surface area contributed by atoms with Crippen LogP contribution in [0.25, 0.3) is 12.3 Å². The van der Waals surface area contributed by atoms with Gasteiger partial charge in [0, 0.05) is 23.7 Å². The number of hydrogen-bond acceptors (Lipinski definition) is 2. The van der Waals surface area contributed by atoms with Crippen molar-refractivity contribution in [1.29, 1.82) is 0 Å². The fourth-order valence-corrected chi connectivity index (χ4v) is 2.07. The van der Waals surface area contributed by atoms with Crippen molar-refractivity contribution in [2.75, 3.05) is 5.32 Å². The summed E-state index contributed by atoms with van der Waals surface area (Å²) in [7, 11) is 0. The van der Waals surface area contributed by atoms with Gasteiger partial charge in [0.2, 0.25) is 0 Å². The van der Waals surface area contributed by atoms with E-state index >= 15 is 0 Å². The molecular weight excluding hydrogens is 248 g/mol. The van der Waals surface area contributed by atoms with Crippen LogP contribution in [0.15, 0.2) is 60.8 Å². The Labute approximate surface area is 116 Å². The van der Waals surface area contributed by atoms with Crippen molar-refractivity contribution in [1.82, 2.24) is 5.32 Å². The molecule has 98 valence electrons. The zero-order valence-corrected chi connectivity index (χ0v) is 10.8. The van der Waals surface area contributed by atoms with Crippen molar-refractivity contribution in [2.45, 2.75) is 0 Å². The predicted molar refractivity (Wildman–Crippen MR) is 81.3 cm³/mol. The minimum Gasteiger partial charge on any atom is -0.367 e. The minimum atomic E-state index is -0.103. The molecule has 0 unspecified atom stereocenters. The number of hydrogen-bond donors (Lipinski definition) is 2. The lowest BCUT2D eigenvalue weighted by Crippen LogP contribution is -2.26. The first kappa shape index (κ1) is 12.2. The maximum Gasteiger partial charge on any atom is 0.255 e. The highest BCUT2D eigenvalue weighted by Gasteiger charge is 2.04. The molecule has 0 aliphatic carbocycles. The average Bonchev–Trinajstić information content (AvgIpc) is 2.73. The molecule has 1 heterocycles. The number of anilines is 1. The molecule has 20 heavy (non-hydrogen) atoms. The van der Waals surface area contributed by atoms with Gasteiger partial charge in [-0.1, -0.05) is 30.3 Å². The number of amides is 1. The van der Waals surface area contributed by atoms with Crippen LogP contribution in [0, 0.1) is 0 Å². The van der Waals surface area contributed by atoms with E-state index in [0.29, 0.717) is 5.56 Å². The van der Waals surface area contributed by atoms with Crippen molar-refractivity contribution in [3.05, 3.63) is 76.8 Å². The van der Waals surface area contributed by atoms with Crippen molar-refractivity contribution in [2.24, 2.45) is 0 Å². The summed E-state index contributed by atoms with van der Waals surface area (Å²) >= 11 is 0. The van der Waals surface area contributed by atoms with Crippen LogP contribution in [0.4, 0.5) is 5.69 Å². The number of benzene rings is 2. The van der Waals surface area contributed by atoms with Gasteiger partial charge in [0.05, 0.1) is 0 Å². The zero-order valence-electron chi connectivity index (χ0n) is 10.8. The molecule has 3 nitrogen and oxygen atoms in total. The van der Waals surface area contributed by atoms with E-state index in [1.54, 1.807) is 12.1 Å². The second-order valence-corrected chi connectivity index (χ2v) is 4.50. The Morgan fingerprint density at radius 3 is 2.70 bits per heavy atom. The first-order valence-electron chi connectivity index (χ1n) is 6.42. The summed E-state index contributed by atoms with van der Waals surface area (Å²) in [6.07, 6.45) is 7.74. The molecule has 2 aromatic carbocycles. The normalized spacial score (nSPS) is 12.2. The first-order valence-corrected chi connectivity index (χ1v) is 6.42. The van der Waals surface area contributed by atoms with Gasteiger partial charge in [-0.2, -0.15) is 0 Å². The summed E-state index contributed by atoms with van der Waals surface area (Å²) in [5, 5.41) is 8.13. The van der Waals surface area contributed by atoms with Gasteiger partial charge in [-0.25, -0.2) is 0 Å². The summed E-state index contributed by atoms with van der Waals surface area (Å²) in [6.45, 7) is 0. The molecule has 2 aromatic rings. The average molecular weight is 262 g/mol. The topological polar surface area (TPSA) is 41.1 Å². The molecule has 0 saturated carbocycles. The Hall–Kier alpha value is -2.81. The SMILES string of the molecule is O=C(Nc1ccc2c(c1)=CNC=CC=2)c1ccccc1. The van der Waals surface area contributed by atoms with E-state index in [4.69, 9.17) is 0 Å². The van der Waals surface area contributed by atoms with Crippen molar-refractivity contribution in [3.63, 3.8) is 0 Å². The van der Waals surface area contributed by atoms with E-state index in [9.17, 15) is 4.79 Å². The monoisotopic (exact) mass is 262 g/mol. The standard InChI is InChI=1S/C17H14N2O/c20-17(14-5-2-1-3-6-14)19-16-9-8-13-7-4-10-18-12-15(13)11-16/h1-12,18H,(H,19,20). The van der Waals surface area contributed by atoms with Crippen LogP contribution >= 0.6 is 0 Å². The predicted octanol–water partition coefficient (Wildman–Crippen LogP) is 1.57. The molecule has 0 bridgehead atoms. The Morgan fingerprint density at radius 1 is 1.00 bits per heavy atom. The molecule has 0 fully saturated rings. The molecule has 2 N–H and O–H groups in total. The fraction of sp³-hybridized carbons (Fsp3) is 0. The lowest BCUT2D eigenvalue weighted by molar-refractivity contribution is 0.102. The third-order valence-corrected chi connectivity index (χ3v) is 3.09. The molecule has 3 rings (SSSR count). The van der Waals surface area contributed by atoms with Crippen molar-refractivity contribution >= 4 is 23.9 Å². The molecule has 0 radical (unpaired) electrons. The van der Waals surface area contributed by atoms with Crippen LogP contribution in [0.1, 0.15) is 10.4 Å². The van der Waals surface area contributed by atoms with Gasteiger partial charge in [0.1, 0.15) is 0 Å². The highest BCUT2D eigenvalue weighted by molar-refractivity contribution is 6.04. The van der Waals surface area contributed by atoms with Crippen LogP contribution in [0.2, 0.25) is 0 Å². The number of nitrogens with one attached hydrogen (secondary N) is 2. The van der Waals surface area contributed by atoms with E-state index < -0.39 is 0 Å². The van der Waals surface area contributed by atoms with Gasteiger partial charge in [-0.05, 0) is 40.8 Å². The summed E-state index contributed by atoms with van der Waals surface area (Å²) in [5.74, 6) is -0.103. The number of carbonyl (C=O) groups excluding carboxylic acids is 1. The van der Waals surface area contributed by atoms with E-state index in [1.807, 2.05) is 61.0 Å². The highest BCUT2D eigenvalue weighted by Crippen LogP contribution is 2.05. The van der Waals surface area contributed by atoms with Gasteiger partial charge in [0.25, 0.3) is 5.91 Å². The second-order valence-electron chi connectivity index (χ2n) is 4.50. The maximum absolute atomic E-state index is 12.1. The Bertz CT molecular complexity index is 776. The summed E-state index contributed by atoms with van der Waals surface area (Å²) in [4.78, 5) is 12.1. The molecule has 3 heteroatoms. The van der Waals surface area contributed by atoms with Gasteiger partial charge in [0.15, 0.2) is 0 Å². The molecule has 1 amide bonds. The van der Waals surface area contributed by atoms with Crippen LogP contribution < -0.4 is 21.1 Å². The third kappa shape index (κ3) is 2.62. The molecule has 0 aromatic heterocycles. The van der Waals surface area contributed by atoms with E-state index in [0.717, 1.165) is 16.1 Å². The molecule has 1 aliphatic rings. The van der Waals surface area contributed by atoms with Crippen LogP contribution in [0.5, 0.6) is 0 Å². The fourth-order valence-electron chi connectivity index (χ4n) is 2.07. The van der Waals surface area contributed by atoms with Crippen LogP contribution in [-0.2, 0) is 0 Å². The van der Waals surface area contributed by atoms with Crippen LogP contribution in [0.3, 0.4) is 0 Å². The van der Waals surface area contributed by atoms with Crippen molar-refractivity contribution < 1.29 is 4.79 Å². The van der Waals surface area contributed by atoms with Gasteiger partial charge < -0.3 is 10.6 Å². The van der Waals surface area contributed by atoms with E-state index in [-0.39, 0.29) is 5.91 Å². The number of fused-ring (bicyclic) bond motifs is 1. The van der Waals surface area contributed by atoms with E-state index in [1.165, 1.54) is 0 Å². The maximum atomic E-state index is 12.1. The molecule has 1 aliphatic heterocycles. The molecular formula is C17H14N2O. The summed E-state index contributed by atoms with van der Waals surface area (Å²) < 4.78 is 0. The number of allylic oxidation sites excluding steroid dienone is 1. The van der Waals surface area contributed by atoms with Gasteiger partial charge in [-0.3, -0.25) is 4.79 Å². The minimum absolute atomic E-state index is 0.103. The summed E-state index contributed by atoms with van der Waals surface area (Å²) in [5.41, 5.74) is 1.43.